The molecule has 0 spiro atoms. The fraction of sp³-hybridized carbons (Fsp3) is 0.143. The van der Waals surface area contributed by atoms with E-state index in [2.05, 4.69) is 185 Å². The zero-order chi connectivity index (χ0) is 31.5. The lowest BCUT2D eigenvalue weighted by molar-refractivity contribution is 1.18. The average molecular weight is 605 g/mol. The van der Waals surface area contributed by atoms with Gasteiger partial charge in [0, 0.05) is 45.3 Å². The van der Waals surface area contributed by atoms with Crippen molar-refractivity contribution in [3.05, 3.63) is 161 Å². The van der Waals surface area contributed by atoms with Crippen molar-refractivity contribution in [2.24, 2.45) is 0 Å². The van der Waals surface area contributed by atoms with Gasteiger partial charge in [0.05, 0.1) is 0 Å². The van der Waals surface area contributed by atoms with Crippen molar-refractivity contribution in [2.75, 3.05) is 16.8 Å². The van der Waals surface area contributed by atoms with Gasteiger partial charge in [-0.25, -0.2) is 0 Å². The van der Waals surface area contributed by atoms with Crippen LogP contribution >= 0.6 is 11.8 Å². The van der Waals surface area contributed by atoms with Crippen molar-refractivity contribution in [3.8, 4) is 11.1 Å². The topological polar surface area (TPSA) is 6.48 Å². The van der Waals surface area contributed by atoms with E-state index in [9.17, 15) is 0 Å². The summed E-state index contributed by atoms with van der Waals surface area (Å²) in [5, 5.41) is 0. The van der Waals surface area contributed by atoms with Gasteiger partial charge in [-0.1, -0.05) is 65.9 Å². The van der Waals surface area contributed by atoms with Crippen molar-refractivity contribution < 1.29 is 0 Å². The van der Waals surface area contributed by atoms with Gasteiger partial charge in [0.25, 0.3) is 0 Å². The van der Waals surface area contributed by atoms with Crippen LogP contribution in [-0.4, -0.2) is 7.05 Å². The van der Waals surface area contributed by atoms with E-state index in [-0.39, 0.29) is 0 Å². The van der Waals surface area contributed by atoms with E-state index < -0.39 is 0 Å². The highest BCUT2D eigenvalue weighted by atomic mass is 32.2. The van der Waals surface area contributed by atoms with Crippen LogP contribution in [0.4, 0.5) is 28.4 Å². The molecule has 0 amide bonds. The van der Waals surface area contributed by atoms with Crippen LogP contribution in [0.3, 0.4) is 0 Å². The number of anilines is 5. The van der Waals surface area contributed by atoms with Crippen LogP contribution in [0.15, 0.2) is 143 Å². The Morgan fingerprint density at radius 1 is 0.378 bits per heavy atom. The molecule has 0 aliphatic carbocycles. The number of rotatable bonds is 8. The zero-order valence-corrected chi connectivity index (χ0v) is 27.8. The highest BCUT2D eigenvalue weighted by Gasteiger charge is 2.14. The molecule has 0 saturated carbocycles. The van der Waals surface area contributed by atoms with Crippen LogP contribution in [0.5, 0.6) is 0 Å². The molecule has 6 aromatic carbocycles. The van der Waals surface area contributed by atoms with Crippen LogP contribution in [-0.2, 0) is 0 Å². The first-order chi connectivity index (χ1) is 21.7. The minimum absolute atomic E-state index is 1.14. The van der Waals surface area contributed by atoms with Gasteiger partial charge in [-0.15, -0.1) is 0 Å². The molecule has 6 aromatic rings. The Kier molecular flexibility index (Phi) is 8.82. The van der Waals surface area contributed by atoms with Crippen LogP contribution in [0.1, 0.15) is 27.8 Å². The Bertz CT molecular complexity index is 1910. The van der Waals surface area contributed by atoms with Crippen molar-refractivity contribution in [3.63, 3.8) is 0 Å². The lowest BCUT2D eigenvalue weighted by Crippen LogP contribution is -2.10. The van der Waals surface area contributed by atoms with Gasteiger partial charge in [-0.3, -0.25) is 0 Å². The lowest BCUT2D eigenvalue weighted by atomic mass is 10.0. The second kappa shape index (κ2) is 13.1. The minimum atomic E-state index is 1.14. The molecule has 0 bridgehead atoms. The van der Waals surface area contributed by atoms with Crippen LogP contribution in [0, 0.1) is 34.6 Å². The van der Waals surface area contributed by atoms with Crippen LogP contribution in [0.2, 0.25) is 0 Å². The SMILES string of the molecule is Cc1ccc(-c2ccc(N(c3ccc(Sc4ccc(N(C)c5ccc(C)c(C)c5)cc4)cc3)c3ccc(C)c(C)c3)cc2)cc1. The molecule has 0 aliphatic rings. The largest absolute Gasteiger partial charge is 0.345 e. The van der Waals surface area contributed by atoms with Crippen molar-refractivity contribution in [1.82, 2.24) is 0 Å². The molecule has 0 fully saturated rings. The van der Waals surface area contributed by atoms with Crippen molar-refractivity contribution >= 4 is 40.2 Å². The van der Waals surface area contributed by atoms with Gasteiger partial charge in [0.15, 0.2) is 0 Å². The van der Waals surface area contributed by atoms with Gasteiger partial charge < -0.3 is 9.80 Å². The molecule has 0 heterocycles. The van der Waals surface area contributed by atoms with Gasteiger partial charge in [0.1, 0.15) is 0 Å². The summed E-state index contributed by atoms with van der Waals surface area (Å²) < 4.78 is 0. The molecule has 0 aromatic heterocycles. The molecule has 0 radical (unpaired) electrons. The fourth-order valence-corrected chi connectivity index (χ4v) is 6.30. The molecule has 0 saturated heterocycles. The van der Waals surface area contributed by atoms with Gasteiger partial charge in [-0.05, 0) is 153 Å². The van der Waals surface area contributed by atoms with E-state index in [1.165, 1.54) is 60.1 Å². The summed E-state index contributed by atoms with van der Waals surface area (Å²) in [4.78, 5) is 7.02. The maximum absolute atomic E-state index is 2.34. The molecular formula is C42H40N2S. The molecule has 0 N–H and O–H groups in total. The molecule has 0 atom stereocenters. The van der Waals surface area contributed by atoms with Crippen LogP contribution in [0.25, 0.3) is 11.1 Å². The van der Waals surface area contributed by atoms with E-state index in [1.54, 1.807) is 11.8 Å². The molecule has 6 rings (SSSR count). The standard InChI is InChI=1S/C42H40N2S/c1-29-7-11-34(12-8-29)35-13-17-37(18-14-35)44(40-16-10-31(3)33(5)28-40)38-21-25-42(26-22-38)45-41-23-19-36(20-24-41)43(6)39-15-9-30(2)32(4)27-39/h7-28H,1-6H3. The maximum Gasteiger partial charge on any atom is 0.0464 e. The number of benzene rings is 6. The number of hydrogen-bond acceptors (Lipinski definition) is 3. The van der Waals surface area contributed by atoms with Crippen LogP contribution < -0.4 is 9.80 Å². The summed E-state index contributed by atoms with van der Waals surface area (Å²) in [5.41, 5.74) is 14.7. The second-order valence-corrected chi connectivity index (χ2v) is 13.1. The van der Waals surface area contributed by atoms with E-state index in [4.69, 9.17) is 0 Å². The van der Waals surface area contributed by atoms with E-state index in [0.29, 0.717) is 0 Å². The summed E-state index contributed by atoms with van der Waals surface area (Å²) in [6.45, 7) is 10.8. The Labute approximate surface area is 273 Å². The highest BCUT2D eigenvalue weighted by Crippen LogP contribution is 2.38. The fourth-order valence-electron chi connectivity index (χ4n) is 5.48. The first kappa shape index (κ1) is 30.3. The number of nitrogens with zero attached hydrogens (tertiary/aromatic N) is 2. The van der Waals surface area contributed by atoms with Crippen molar-refractivity contribution in [1.29, 1.82) is 0 Å². The van der Waals surface area contributed by atoms with E-state index in [0.717, 1.165) is 17.1 Å². The van der Waals surface area contributed by atoms with Gasteiger partial charge in [-0.2, -0.15) is 0 Å². The summed E-state index contributed by atoms with van der Waals surface area (Å²) >= 11 is 1.79. The average Bonchev–Trinajstić information content (AvgIpc) is 3.06. The predicted molar refractivity (Wildman–Crippen MR) is 195 cm³/mol. The summed E-state index contributed by atoms with van der Waals surface area (Å²) in [7, 11) is 2.13. The van der Waals surface area contributed by atoms with E-state index in [1.807, 2.05) is 0 Å². The molecule has 2 nitrogen and oxygen atoms in total. The first-order valence-corrected chi connectivity index (χ1v) is 16.3. The second-order valence-electron chi connectivity index (χ2n) is 11.9. The minimum Gasteiger partial charge on any atom is -0.345 e. The van der Waals surface area contributed by atoms with E-state index >= 15 is 0 Å². The highest BCUT2D eigenvalue weighted by molar-refractivity contribution is 7.99. The van der Waals surface area contributed by atoms with Gasteiger partial charge >= 0.3 is 0 Å². The molecule has 0 aliphatic heterocycles. The summed E-state index contributed by atoms with van der Waals surface area (Å²) in [6, 6.07) is 48.7. The maximum atomic E-state index is 2.34. The third-order valence-electron chi connectivity index (χ3n) is 8.69. The quantitative estimate of drug-likeness (QED) is 0.171. The zero-order valence-electron chi connectivity index (χ0n) is 27.0. The molecule has 3 heteroatoms. The van der Waals surface area contributed by atoms with Gasteiger partial charge in [0.2, 0.25) is 0 Å². The summed E-state index contributed by atoms with van der Waals surface area (Å²) in [5.74, 6) is 0. The molecule has 45 heavy (non-hydrogen) atoms. The molecular weight excluding hydrogens is 565 g/mol. The Hall–Kier alpha value is -4.73. The lowest BCUT2D eigenvalue weighted by Gasteiger charge is -2.26. The third-order valence-corrected chi connectivity index (χ3v) is 9.71. The van der Waals surface area contributed by atoms with Crippen molar-refractivity contribution in [2.45, 2.75) is 44.4 Å². The number of hydrogen-bond donors (Lipinski definition) is 0. The Balaban J connectivity index is 1.23. The third kappa shape index (κ3) is 6.84. The Morgan fingerprint density at radius 2 is 0.778 bits per heavy atom. The molecule has 224 valence electrons. The smallest absolute Gasteiger partial charge is 0.0464 e. The normalized spacial score (nSPS) is 11.0. The molecule has 0 unspecified atom stereocenters. The number of aryl methyl sites for hydroxylation is 5. The summed E-state index contributed by atoms with van der Waals surface area (Å²) in [6.07, 6.45) is 0. The first-order valence-electron chi connectivity index (χ1n) is 15.5. The Morgan fingerprint density at radius 3 is 1.29 bits per heavy atom. The predicted octanol–water partition coefficient (Wildman–Crippen LogP) is 12.3. The monoisotopic (exact) mass is 604 g/mol.